The molecule has 0 saturated heterocycles. The third-order valence-corrected chi connectivity index (χ3v) is 8.47. The normalized spacial score (nSPS) is 14.4. The van der Waals surface area contributed by atoms with Crippen molar-refractivity contribution in [3.05, 3.63) is 165 Å². The Morgan fingerprint density at radius 1 is 0.857 bits per heavy atom. The van der Waals surface area contributed by atoms with Crippen LogP contribution in [0.25, 0.3) is 16.3 Å². The second-order valence-corrected chi connectivity index (χ2v) is 11.1. The van der Waals surface area contributed by atoms with Crippen molar-refractivity contribution in [3.8, 4) is 0 Å². The van der Waals surface area contributed by atoms with Crippen molar-refractivity contribution in [2.75, 3.05) is 4.90 Å². The molecule has 0 saturated carbocycles. The number of aromatic nitrogens is 1. The summed E-state index contributed by atoms with van der Waals surface area (Å²) in [6.07, 6.45) is 14.0. The molecular weight excluding hydrogens is 606 g/mol. The highest BCUT2D eigenvalue weighted by atomic mass is 79.9. The average Bonchev–Trinajstić information content (AvgIpc) is 3.35. The van der Waals surface area contributed by atoms with E-state index in [2.05, 4.69) is 125 Å². The largest absolute Gasteiger partial charge is 1.00 e. The third kappa shape index (κ3) is 6.59. The van der Waals surface area contributed by atoms with Crippen molar-refractivity contribution in [3.63, 3.8) is 0 Å². The lowest BCUT2D eigenvalue weighted by molar-refractivity contribution is -0.659. The molecule has 7 heteroatoms. The molecule has 210 valence electrons. The number of fused-ring (bicyclic) bond motifs is 2. The van der Waals surface area contributed by atoms with Crippen molar-refractivity contribution in [1.82, 2.24) is 0 Å². The van der Waals surface area contributed by atoms with Crippen LogP contribution in [0.3, 0.4) is 0 Å². The summed E-state index contributed by atoms with van der Waals surface area (Å²) in [7, 11) is 0. The average molecular weight is 637 g/mol. The third-order valence-electron chi connectivity index (χ3n) is 7.34. The fourth-order valence-corrected chi connectivity index (χ4v) is 6.34. The van der Waals surface area contributed by atoms with Gasteiger partial charge in [-0.2, -0.15) is 4.57 Å². The Kier molecular flexibility index (Phi) is 9.41. The van der Waals surface area contributed by atoms with E-state index in [9.17, 15) is 10.1 Å². The molecule has 0 N–H and O–H groups in total. The van der Waals surface area contributed by atoms with Crippen LogP contribution >= 0.6 is 11.3 Å². The summed E-state index contributed by atoms with van der Waals surface area (Å²) in [4.78, 5) is 12.8. The number of para-hydroxylation sites is 2. The van der Waals surface area contributed by atoms with Gasteiger partial charge in [0.15, 0.2) is 6.54 Å². The number of nitro benzene ring substituents is 1. The van der Waals surface area contributed by atoms with Gasteiger partial charge in [0.1, 0.15) is 4.70 Å². The number of non-ortho nitro benzene ring substituents is 1. The zero-order valence-corrected chi connectivity index (χ0v) is 25.3. The minimum absolute atomic E-state index is 0. The number of thiazole rings is 1. The summed E-state index contributed by atoms with van der Waals surface area (Å²) < 4.78 is 3.67. The Balaban J connectivity index is 0.00000353. The highest BCUT2D eigenvalue weighted by Gasteiger charge is 2.21. The first-order chi connectivity index (χ1) is 20.2. The van der Waals surface area contributed by atoms with Gasteiger partial charge in [-0.05, 0) is 29.7 Å². The lowest BCUT2D eigenvalue weighted by Gasteiger charge is -2.30. The molecule has 0 amide bonds. The monoisotopic (exact) mass is 635 g/mol. The Bertz CT molecular complexity index is 1760. The molecule has 1 aliphatic heterocycles. The van der Waals surface area contributed by atoms with E-state index in [-0.39, 0.29) is 33.5 Å². The van der Waals surface area contributed by atoms with Crippen LogP contribution in [0.2, 0.25) is 0 Å². The van der Waals surface area contributed by atoms with E-state index in [1.165, 1.54) is 32.0 Å². The van der Waals surface area contributed by atoms with Gasteiger partial charge in [-0.15, -0.1) is 0 Å². The molecule has 1 unspecified atom stereocenters. The molecule has 0 spiro atoms. The maximum atomic E-state index is 11.0. The minimum Gasteiger partial charge on any atom is -1.00 e. The number of nitro groups is 1. The van der Waals surface area contributed by atoms with E-state index >= 15 is 0 Å². The Hall–Kier alpha value is -4.33. The van der Waals surface area contributed by atoms with Gasteiger partial charge in [0, 0.05) is 54.2 Å². The smallest absolute Gasteiger partial charge is 0.269 e. The van der Waals surface area contributed by atoms with Crippen molar-refractivity contribution in [2.45, 2.75) is 25.4 Å². The number of halogens is 1. The lowest BCUT2D eigenvalue weighted by Crippen LogP contribution is -3.00. The number of hydrogen-bond acceptors (Lipinski definition) is 4. The zero-order chi connectivity index (χ0) is 28.0. The van der Waals surface area contributed by atoms with Crippen LogP contribution < -0.4 is 26.4 Å². The topological polar surface area (TPSA) is 50.3 Å². The molecular formula is C35H30BrN3O2S. The van der Waals surface area contributed by atoms with Gasteiger partial charge in [-0.1, -0.05) is 108 Å². The van der Waals surface area contributed by atoms with E-state index < -0.39 is 0 Å². The number of allylic oxidation sites excluding steroid dienone is 4. The zero-order valence-electron chi connectivity index (χ0n) is 22.9. The van der Waals surface area contributed by atoms with Gasteiger partial charge in [0.2, 0.25) is 5.52 Å². The molecule has 0 fully saturated rings. The number of hydrogen-bond donors (Lipinski definition) is 0. The van der Waals surface area contributed by atoms with Crippen LogP contribution in [0, 0.1) is 10.1 Å². The maximum Gasteiger partial charge on any atom is 0.269 e. The molecule has 1 atom stereocenters. The summed E-state index contributed by atoms with van der Waals surface area (Å²) in [6.45, 7) is 1.50. The van der Waals surface area contributed by atoms with Crippen molar-refractivity contribution < 1.29 is 26.5 Å². The van der Waals surface area contributed by atoms with Crippen LogP contribution in [0.1, 0.15) is 34.0 Å². The Morgan fingerprint density at radius 2 is 1.60 bits per heavy atom. The SMILES string of the molecule is O=[N+]([O-])c1ccc(CN2C=CC(C/C=C/C=C/c3sc4ccccc4[n+]3Cc3ccccc3)c3ccccc32)cc1.[Br-]. The molecule has 4 aromatic carbocycles. The Morgan fingerprint density at radius 3 is 2.40 bits per heavy atom. The van der Waals surface area contributed by atoms with Crippen molar-refractivity contribution in [1.29, 1.82) is 0 Å². The predicted octanol–water partition coefficient (Wildman–Crippen LogP) is 5.43. The van der Waals surface area contributed by atoms with Crippen LogP contribution in [-0.4, -0.2) is 4.92 Å². The number of anilines is 1. The van der Waals surface area contributed by atoms with Gasteiger partial charge in [-0.3, -0.25) is 10.1 Å². The first-order valence-corrected chi connectivity index (χ1v) is 14.5. The first-order valence-electron chi connectivity index (χ1n) is 13.7. The van der Waals surface area contributed by atoms with Crippen LogP contribution in [0.15, 0.2) is 134 Å². The second-order valence-electron chi connectivity index (χ2n) is 10.1. The number of benzene rings is 4. The summed E-state index contributed by atoms with van der Waals surface area (Å²) in [5.41, 5.74) is 6.15. The molecule has 0 aliphatic carbocycles. The fraction of sp³-hybridized carbons (Fsp3) is 0.114. The van der Waals surface area contributed by atoms with Gasteiger partial charge in [0.05, 0.1) is 4.92 Å². The van der Waals surface area contributed by atoms with E-state index in [1.54, 1.807) is 12.1 Å². The standard InChI is InChI=1S/C35H30N3O2S.BrH/c39-38(40)30-21-19-28(20-22-30)25-36-24-23-29(31-14-7-8-15-32(31)36)13-5-2-6-18-35-37(26-27-11-3-1-4-12-27)33-16-9-10-17-34(33)41-35;/h1-12,14-24,29H,13,25-26H2;1H/q+1;/p-1/b5-2+,18-6+;. The van der Waals surface area contributed by atoms with Crippen LogP contribution in [0.4, 0.5) is 11.4 Å². The molecule has 0 bridgehead atoms. The van der Waals surface area contributed by atoms with Gasteiger partial charge in [-0.25, -0.2) is 0 Å². The Labute approximate surface area is 260 Å². The highest BCUT2D eigenvalue weighted by Crippen LogP contribution is 2.36. The molecule has 6 rings (SSSR count). The second kappa shape index (κ2) is 13.6. The molecule has 1 aromatic heterocycles. The summed E-state index contributed by atoms with van der Waals surface area (Å²) >= 11 is 1.82. The van der Waals surface area contributed by atoms with Crippen molar-refractivity contribution in [2.24, 2.45) is 0 Å². The van der Waals surface area contributed by atoms with Crippen molar-refractivity contribution >= 4 is 39.0 Å². The van der Waals surface area contributed by atoms with Gasteiger partial charge in [0.25, 0.3) is 10.7 Å². The highest BCUT2D eigenvalue weighted by molar-refractivity contribution is 7.18. The predicted molar refractivity (Wildman–Crippen MR) is 168 cm³/mol. The molecule has 2 heterocycles. The van der Waals surface area contributed by atoms with Crippen LogP contribution in [0.5, 0.6) is 0 Å². The van der Waals surface area contributed by atoms with Crippen LogP contribution in [-0.2, 0) is 13.1 Å². The fourth-order valence-electron chi connectivity index (χ4n) is 5.27. The molecule has 5 nitrogen and oxygen atoms in total. The lowest BCUT2D eigenvalue weighted by atomic mass is 9.91. The molecule has 1 aliphatic rings. The van der Waals surface area contributed by atoms with E-state index in [1.807, 2.05) is 23.5 Å². The molecule has 42 heavy (non-hydrogen) atoms. The first kappa shape index (κ1) is 29.2. The summed E-state index contributed by atoms with van der Waals surface area (Å²) in [5.74, 6) is 0.288. The number of rotatable bonds is 9. The molecule has 0 radical (unpaired) electrons. The summed E-state index contributed by atoms with van der Waals surface area (Å²) in [5, 5.41) is 12.2. The quantitative estimate of drug-likeness (QED) is 0.0940. The minimum atomic E-state index is -0.363. The summed E-state index contributed by atoms with van der Waals surface area (Å²) in [6, 6.07) is 34.5. The van der Waals surface area contributed by atoms with E-state index in [0.29, 0.717) is 6.54 Å². The number of nitrogens with zero attached hydrogens (tertiary/aromatic N) is 3. The van der Waals surface area contributed by atoms with Gasteiger partial charge >= 0.3 is 0 Å². The van der Waals surface area contributed by atoms with Gasteiger partial charge < -0.3 is 21.9 Å². The molecule has 5 aromatic rings. The van der Waals surface area contributed by atoms with E-state index in [4.69, 9.17) is 0 Å². The van der Waals surface area contributed by atoms with E-state index in [0.717, 1.165) is 18.5 Å². The maximum absolute atomic E-state index is 11.0.